The molecule has 2 bridgehead atoms. The van der Waals surface area contributed by atoms with Crippen molar-refractivity contribution in [3.63, 3.8) is 0 Å². The summed E-state index contributed by atoms with van der Waals surface area (Å²) < 4.78 is 54.3. The first-order valence-corrected chi connectivity index (χ1v) is 27.4. The highest BCUT2D eigenvalue weighted by Gasteiger charge is 2.76. The van der Waals surface area contributed by atoms with Gasteiger partial charge in [0.05, 0.1) is 55.6 Å². The number of aliphatic hydroxyl groups excluding tert-OH is 10. The summed E-state index contributed by atoms with van der Waals surface area (Å²) in [5.74, 6) is -3.82. The maximum absolute atomic E-state index is 13.6. The van der Waals surface area contributed by atoms with Gasteiger partial charge in [-0.15, -0.1) is 0 Å². The summed E-state index contributed by atoms with van der Waals surface area (Å²) in [7, 11) is 0. The number of aliphatic carboxylic acids is 1. The highest BCUT2D eigenvalue weighted by molar-refractivity contribution is 5.74. The van der Waals surface area contributed by atoms with Crippen LogP contribution in [0.1, 0.15) is 107 Å². The van der Waals surface area contributed by atoms with E-state index in [9.17, 15) is 70.6 Å². The second-order valence-corrected chi connectivity index (χ2v) is 25.8. The zero-order valence-electron chi connectivity index (χ0n) is 45.5. The van der Waals surface area contributed by atoms with Gasteiger partial charge in [-0.05, 0) is 98.2 Å². The number of hydrogen-bond acceptors (Lipinski definition) is 22. The molecule has 0 radical (unpaired) electrons. The number of carbonyl (C=O) groups is 3. The standard InChI is InChI=1S/C54H84O23/c1-22(23(2)71-24(3)57)45(68)70-21-54-26-16-49(4,5)43(42(54)65)73-32(54)17-53(9)25(26)10-11-30-50(6)14-13-31(51(7,20-56)29(50)12-15-52(30,53)8)74-48-40(76-46-36(62)33(59)27(58)19-69-46)38(64)39(41(77-48)44(66)67)75-47-37(63)35(61)34(60)28(18-55)72-47/h10,22-23,26-43,46-48,55-56,58-65H,11-21H2,1-9H3,(H,66,67)/t22?,23?,26?,27-,28-,29?,30?,31?,32-,33+,34-,35+,36-,37-,38+,39+,40-,41+,42?,43-,46+,47-,48-,50?,51-,52?,53?,54?/m1/s1. The second-order valence-electron chi connectivity index (χ2n) is 25.8. The van der Waals surface area contributed by atoms with E-state index in [1.54, 1.807) is 13.8 Å². The molecule has 9 aliphatic rings. The Morgan fingerprint density at radius 2 is 1.43 bits per heavy atom. The van der Waals surface area contributed by atoms with E-state index in [-0.39, 0.29) is 36.4 Å². The zero-order chi connectivity index (χ0) is 56.4. The number of hydrogen-bond donors (Lipinski definition) is 11. The van der Waals surface area contributed by atoms with Crippen molar-refractivity contribution in [2.45, 2.75) is 224 Å². The summed E-state index contributed by atoms with van der Waals surface area (Å²) in [6, 6.07) is 0. The van der Waals surface area contributed by atoms with E-state index in [1.807, 2.05) is 6.92 Å². The lowest BCUT2D eigenvalue weighted by Gasteiger charge is -2.71. The average molecular weight is 1100 g/mol. The van der Waals surface area contributed by atoms with Crippen molar-refractivity contribution < 1.29 is 113 Å². The first-order chi connectivity index (χ1) is 36.0. The normalized spacial score (nSPS) is 51.7. The van der Waals surface area contributed by atoms with Crippen molar-refractivity contribution in [2.75, 3.05) is 26.4 Å². The van der Waals surface area contributed by atoms with Gasteiger partial charge < -0.3 is 98.8 Å². The Hall–Kier alpha value is -2.53. The molecule has 11 unspecified atom stereocenters. The molecule has 4 heterocycles. The molecule has 23 nitrogen and oxygen atoms in total. The lowest BCUT2D eigenvalue weighted by Crippen LogP contribution is -2.69. The van der Waals surface area contributed by atoms with Gasteiger partial charge in [-0.2, -0.15) is 0 Å². The molecule has 0 aromatic heterocycles. The average Bonchev–Trinajstić information content (AvgIpc) is 3.93. The predicted molar refractivity (Wildman–Crippen MR) is 261 cm³/mol. The predicted octanol–water partition coefficient (Wildman–Crippen LogP) is -0.586. The quantitative estimate of drug-likeness (QED) is 0.0588. The number of ether oxygens (including phenoxy) is 9. The molecule has 0 aromatic rings. The van der Waals surface area contributed by atoms with E-state index in [4.69, 9.17) is 42.6 Å². The van der Waals surface area contributed by atoms with Gasteiger partial charge in [-0.3, -0.25) is 9.59 Å². The zero-order valence-corrected chi connectivity index (χ0v) is 45.5. The Bertz CT molecular complexity index is 2230. The van der Waals surface area contributed by atoms with Crippen LogP contribution in [0.4, 0.5) is 0 Å². The van der Waals surface area contributed by atoms with Crippen molar-refractivity contribution >= 4 is 17.9 Å². The topological polar surface area (TPSA) is 357 Å². The third kappa shape index (κ3) is 9.25. The van der Waals surface area contributed by atoms with Crippen molar-refractivity contribution in [3.05, 3.63) is 11.6 Å². The summed E-state index contributed by atoms with van der Waals surface area (Å²) in [5.41, 5.74) is -2.40. The van der Waals surface area contributed by atoms with Crippen LogP contribution in [0.15, 0.2) is 11.6 Å². The van der Waals surface area contributed by atoms with Gasteiger partial charge in [0.15, 0.2) is 25.0 Å². The molecule has 438 valence electrons. The van der Waals surface area contributed by atoms with Crippen molar-refractivity contribution in [1.82, 2.24) is 0 Å². The van der Waals surface area contributed by atoms with E-state index in [0.29, 0.717) is 44.9 Å². The number of carbonyl (C=O) groups excluding carboxylic acids is 2. The molecule has 23 heteroatoms. The summed E-state index contributed by atoms with van der Waals surface area (Å²) in [5, 5.41) is 120. The molecular formula is C54H84O23. The molecule has 0 spiro atoms. The van der Waals surface area contributed by atoms with E-state index >= 15 is 0 Å². The molecule has 28 atom stereocenters. The number of rotatable bonds is 14. The monoisotopic (exact) mass is 1100 g/mol. The number of carboxylic acids is 1. The lowest BCUT2D eigenvalue weighted by molar-refractivity contribution is -0.387. The Kier molecular flexibility index (Phi) is 16.1. The molecule has 4 saturated heterocycles. The van der Waals surface area contributed by atoms with Crippen molar-refractivity contribution in [1.29, 1.82) is 0 Å². The van der Waals surface area contributed by atoms with Crippen LogP contribution >= 0.6 is 0 Å². The molecule has 77 heavy (non-hydrogen) atoms. The molecule has 11 N–H and O–H groups in total. The van der Waals surface area contributed by atoms with Gasteiger partial charge in [0.25, 0.3) is 0 Å². The molecule has 8 fully saturated rings. The number of fused-ring (bicyclic) bond motifs is 7. The minimum Gasteiger partial charge on any atom is -0.479 e. The van der Waals surface area contributed by atoms with Crippen LogP contribution in [0.25, 0.3) is 0 Å². The molecule has 4 aliphatic heterocycles. The van der Waals surface area contributed by atoms with E-state index in [0.717, 1.165) is 0 Å². The largest absolute Gasteiger partial charge is 0.479 e. The number of carboxylic acid groups (broad SMARTS) is 1. The van der Waals surface area contributed by atoms with Gasteiger partial charge >= 0.3 is 17.9 Å². The molecule has 0 amide bonds. The van der Waals surface area contributed by atoms with Crippen LogP contribution in [0.3, 0.4) is 0 Å². The highest BCUT2D eigenvalue weighted by Crippen LogP contribution is 2.77. The van der Waals surface area contributed by atoms with Crippen LogP contribution in [0.2, 0.25) is 0 Å². The number of esters is 2. The van der Waals surface area contributed by atoms with Crippen LogP contribution in [0, 0.1) is 56.2 Å². The van der Waals surface area contributed by atoms with E-state index in [2.05, 4.69) is 40.7 Å². The van der Waals surface area contributed by atoms with Gasteiger partial charge in [0.2, 0.25) is 0 Å². The fraction of sp³-hybridized carbons (Fsp3) is 0.907. The lowest BCUT2D eigenvalue weighted by atomic mass is 9.33. The van der Waals surface area contributed by atoms with Gasteiger partial charge in [-0.25, -0.2) is 4.79 Å². The first-order valence-electron chi connectivity index (χ1n) is 27.4. The maximum atomic E-state index is 13.6. The Morgan fingerprint density at radius 1 is 0.753 bits per heavy atom. The van der Waals surface area contributed by atoms with Gasteiger partial charge in [0, 0.05) is 12.3 Å². The van der Waals surface area contributed by atoms with Crippen molar-refractivity contribution in [2.24, 2.45) is 56.2 Å². The highest BCUT2D eigenvalue weighted by atomic mass is 16.8. The second kappa shape index (κ2) is 21.0. The molecular weight excluding hydrogens is 1020 g/mol. The Balaban J connectivity index is 0.998. The van der Waals surface area contributed by atoms with Crippen molar-refractivity contribution in [3.8, 4) is 0 Å². The summed E-state index contributed by atoms with van der Waals surface area (Å²) in [6.45, 7) is 15.8. The minimum atomic E-state index is -2.09. The number of allylic oxidation sites excluding steroid dienone is 2. The fourth-order valence-electron chi connectivity index (χ4n) is 16.5. The molecule has 5 aliphatic carbocycles. The van der Waals surface area contributed by atoms with Crippen LogP contribution in [0.5, 0.6) is 0 Å². The van der Waals surface area contributed by atoms with E-state index < -0.39 is 181 Å². The fourth-order valence-corrected chi connectivity index (χ4v) is 16.5. The summed E-state index contributed by atoms with van der Waals surface area (Å²) in [6.07, 6.45) is -22.8. The van der Waals surface area contributed by atoms with Gasteiger partial charge in [-0.1, -0.05) is 53.2 Å². The smallest absolute Gasteiger partial charge is 0.335 e. The molecule has 9 rings (SSSR count). The Morgan fingerprint density at radius 3 is 2.08 bits per heavy atom. The van der Waals surface area contributed by atoms with E-state index in [1.165, 1.54) is 12.5 Å². The SMILES string of the molecule is CC(=O)OC(C)C(C)C(=O)OCC12C3CC(C)(C)[C@H](O[C@@H]1CC1(C)C3=CCC3C4(C)CCC(O[C@@H]5O[C@H](C(=O)O)[C@@H](O[C@H]6O[C@H](CO)[C@@H](O)[C@H](O)[C@H]6O)[C@H](O)[C@H]5O[C@@H]5OC[C@@H](O)[C@H](O)[C@H]5O)[C@](C)(CO)C4CCC31C)C2O. The first kappa shape index (κ1) is 59.1. The van der Waals surface area contributed by atoms with Crippen LogP contribution in [-0.4, -0.2) is 217 Å². The van der Waals surface area contributed by atoms with Crippen LogP contribution < -0.4 is 0 Å². The third-order valence-electron chi connectivity index (χ3n) is 21.3. The summed E-state index contributed by atoms with van der Waals surface area (Å²) >= 11 is 0. The van der Waals surface area contributed by atoms with Gasteiger partial charge in [0.1, 0.15) is 73.8 Å². The maximum Gasteiger partial charge on any atom is 0.335 e. The minimum absolute atomic E-state index is 0.0482. The third-order valence-corrected chi connectivity index (χ3v) is 21.3. The number of aliphatic hydroxyl groups is 10. The van der Waals surface area contributed by atoms with Crippen LogP contribution in [-0.2, 0) is 57.0 Å². The Labute approximate surface area is 448 Å². The molecule has 4 saturated carbocycles. The molecule has 0 aromatic carbocycles. The summed E-state index contributed by atoms with van der Waals surface area (Å²) in [4.78, 5) is 38.4.